The zero-order valence-corrected chi connectivity index (χ0v) is 22.3. The molecule has 2 amide bonds. The number of fused-ring (bicyclic) bond motifs is 2. The molecule has 1 aromatic carbocycles. The summed E-state index contributed by atoms with van der Waals surface area (Å²) in [5.41, 5.74) is 4.99. The summed E-state index contributed by atoms with van der Waals surface area (Å²) in [5.74, 6) is 0.713. The van der Waals surface area contributed by atoms with E-state index < -0.39 is 0 Å². The number of likely N-dealkylation sites (tertiary alicyclic amines) is 2. The highest BCUT2D eigenvalue weighted by Gasteiger charge is 2.36. The monoisotopic (exact) mass is 593 g/mol. The average molecular weight is 596 g/mol. The Morgan fingerprint density at radius 1 is 1.06 bits per heavy atom. The van der Waals surface area contributed by atoms with Gasteiger partial charge >= 0.3 is 0 Å². The van der Waals surface area contributed by atoms with Crippen molar-refractivity contribution in [1.82, 2.24) is 14.8 Å². The molecule has 0 N–H and O–H groups in total. The Morgan fingerprint density at radius 2 is 1.82 bits per heavy atom. The molecule has 1 atom stereocenters. The van der Waals surface area contributed by atoms with E-state index in [1.807, 2.05) is 17.2 Å². The van der Waals surface area contributed by atoms with E-state index in [1.54, 1.807) is 4.90 Å². The maximum atomic E-state index is 12.9. The van der Waals surface area contributed by atoms with Crippen molar-refractivity contribution in [1.29, 1.82) is 0 Å². The van der Waals surface area contributed by atoms with Gasteiger partial charge in [-0.3, -0.25) is 14.6 Å². The number of amides is 2. The molecule has 2 aliphatic heterocycles. The van der Waals surface area contributed by atoms with Crippen molar-refractivity contribution in [3.05, 3.63) is 60.7 Å². The van der Waals surface area contributed by atoms with Crippen molar-refractivity contribution >= 4 is 55.3 Å². The number of rotatable bonds is 3. The second-order valence-electron chi connectivity index (χ2n) is 9.27. The fourth-order valence-corrected chi connectivity index (χ4v) is 7.15. The summed E-state index contributed by atoms with van der Waals surface area (Å²) in [6, 6.07) is 6.28. The van der Waals surface area contributed by atoms with Gasteiger partial charge in [0.25, 0.3) is 0 Å². The number of benzene rings is 1. The van der Waals surface area contributed by atoms with E-state index >= 15 is 0 Å². The number of piperidine rings is 1. The van der Waals surface area contributed by atoms with Gasteiger partial charge in [-0.2, -0.15) is 0 Å². The van der Waals surface area contributed by atoms with Gasteiger partial charge < -0.3 is 9.80 Å². The van der Waals surface area contributed by atoms with Gasteiger partial charge in [0.1, 0.15) is 0 Å². The number of carbonyl (C=O) groups is 2. The van der Waals surface area contributed by atoms with E-state index in [1.165, 1.54) is 16.7 Å². The molecule has 0 bridgehead atoms. The molecule has 2 aromatic rings. The standard InChI is InChI=1S/C25H26Br2ClN3O2/c26-18-10-17-4-3-16-11-19(28)12-20(27)23(16)24(25(17)29-13-18)15-5-8-30(9-6-15)22(33)14-31-7-1-2-21(31)32/h10-13,15,24H,1-9,14H2. The Morgan fingerprint density at radius 3 is 2.55 bits per heavy atom. The molecule has 8 heteroatoms. The van der Waals surface area contributed by atoms with Gasteiger partial charge in [-0.05, 0) is 88.8 Å². The van der Waals surface area contributed by atoms with Gasteiger partial charge in [0.2, 0.25) is 11.8 Å². The van der Waals surface area contributed by atoms with Crippen LogP contribution in [0.25, 0.3) is 0 Å². The molecule has 2 saturated heterocycles. The van der Waals surface area contributed by atoms with Crippen molar-refractivity contribution in [3.8, 4) is 0 Å². The number of carbonyl (C=O) groups excluding carboxylic acids is 2. The van der Waals surface area contributed by atoms with Gasteiger partial charge in [0.15, 0.2) is 0 Å². The predicted octanol–water partition coefficient (Wildman–Crippen LogP) is 5.35. The smallest absolute Gasteiger partial charge is 0.242 e. The van der Waals surface area contributed by atoms with Gasteiger partial charge in [0, 0.05) is 52.1 Å². The van der Waals surface area contributed by atoms with Crippen LogP contribution in [0.3, 0.4) is 0 Å². The van der Waals surface area contributed by atoms with Gasteiger partial charge in [0.05, 0.1) is 12.2 Å². The first-order chi connectivity index (χ1) is 15.9. The highest BCUT2D eigenvalue weighted by Crippen LogP contribution is 2.46. The SMILES string of the molecule is O=C(CN1CCCC1=O)N1CCC(C2c3ncc(Br)cc3CCc3cc(Cl)cc(Br)c32)CC1. The zero-order chi connectivity index (χ0) is 23.1. The number of nitrogens with zero attached hydrogens (tertiary/aromatic N) is 3. The molecule has 2 fully saturated rings. The number of hydrogen-bond donors (Lipinski definition) is 0. The van der Waals surface area contributed by atoms with E-state index in [4.69, 9.17) is 16.6 Å². The molecule has 3 heterocycles. The molecule has 0 spiro atoms. The number of aromatic nitrogens is 1. The van der Waals surface area contributed by atoms with Crippen LogP contribution in [0.15, 0.2) is 33.3 Å². The molecular weight excluding hydrogens is 570 g/mol. The van der Waals surface area contributed by atoms with E-state index in [-0.39, 0.29) is 24.3 Å². The number of pyridine rings is 1. The molecule has 3 aliphatic rings. The summed E-state index contributed by atoms with van der Waals surface area (Å²) in [5, 5.41) is 0.747. The van der Waals surface area contributed by atoms with Crippen molar-refractivity contribution < 1.29 is 9.59 Å². The predicted molar refractivity (Wildman–Crippen MR) is 135 cm³/mol. The van der Waals surface area contributed by atoms with Crippen LogP contribution in [0, 0.1) is 5.92 Å². The van der Waals surface area contributed by atoms with Crippen LogP contribution < -0.4 is 0 Å². The van der Waals surface area contributed by atoms with E-state index in [9.17, 15) is 9.59 Å². The third-order valence-corrected chi connectivity index (χ3v) is 8.59. The number of halogens is 3. The molecule has 0 saturated carbocycles. The molecule has 174 valence electrons. The van der Waals surface area contributed by atoms with Crippen LogP contribution in [0.4, 0.5) is 0 Å². The van der Waals surface area contributed by atoms with E-state index in [0.29, 0.717) is 32.0 Å². The van der Waals surface area contributed by atoms with Crippen LogP contribution in [0.1, 0.15) is 54.0 Å². The minimum atomic E-state index is 0.0698. The molecule has 1 aromatic heterocycles. The quantitative estimate of drug-likeness (QED) is 0.481. The fourth-order valence-electron chi connectivity index (χ4n) is 5.65. The highest BCUT2D eigenvalue weighted by atomic mass is 79.9. The molecule has 33 heavy (non-hydrogen) atoms. The topological polar surface area (TPSA) is 53.5 Å². The molecule has 5 nitrogen and oxygen atoms in total. The minimum Gasteiger partial charge on any atom is -0.341 e. The summed E-state index contributed by atoms with van der Waals surface area (Å²) in [6.07, 6.45) is 7.00. The van der Waals surface area contributed by atoms with E-state index in [2.05, 4.69) is 44.0 Å². The third kappa shape index (κ3) is 4.73. The van der Waals surface area contributed by atoms with E-state index in [0.717, 1.165) is 51.8 Å². The largest absolute Gasteiger partial charge is 0.341 e. The van der Waals surface area contributed by atoms with Crippen molar-refractivity contribution in [2.45, 2.75) is 44.4 Å². The summed E-state index contributed by atoms with van der Waals surface area (Å²) in [7, 11) is 0. The first-order valence-corrected chi connectivity index (χ1v) is 13.5. The van der Waals surface area contributed by atoms with Crippen LogP contribution >= 0.6 is 43.5 Å². The molecule has 1 aliphatic carbocycles. The molecule has 5 rings (SSSR count). The van der Waals surface area contributed by atoms with Crippen molar-refractivity contribution in [2.75, 3.05) is 26.2 Å². The Bertz CT molecular complexity index is 1100. The highest BCUT2D eigenvalue weighted by molar-refractivity contribution is 9.10. The van der Waals surface area contributed by atoms with Crippen LogP contribution in [-0.4, -0.2) is 52.8 Å². The number of aryl methyl sites for hydroxylation is 2. The van der Waals surface area contributed by atoms with Gasteiger partial charge in [-0.25, -0.2) is 0 Å². The lowest BCUT2D eigenvalue weighted by molar-refractivity contribution is -0.139. The summed E-state index contributed by atoms with van der Waals surface area (Å²) in [6.45, 7) is 2.36. The van der Waals surface area contributed by atoms with Gasteiger partial charge in [-0.1, -0.05) is 27.5 Å². The Hall–Kier alpha value is -1.44. The van der Waals surface area contributed by atoms with Crippen LogP contribution in [0.2, 0.25) is 5.02 Å². The Kier molecular flexibility index (Phi) is 6.83. The maximum absolute atomic E-state index is 12.9. The lowest BCUT2D eigenvalue weighted by atomic mass is 9.76. The molecule has 0 radical (unpaired) electrons. The number of hydrogen-bond acceptors (Lipinski definition) is 3. The lowest BCUT2D eigenvalue weighted by Crippen LogP contribution is -2.45. The van der Waals surface area contributed by atoms with Crippen LogP contribution in [-0.2, 0) is 22.4 Å². The van der Waals surface area contributed by atoms with Gasteiger partial charge in [-0.15, -0.1) is 0 Å². The Labute approximate surface area is 216 Å². The molecular formula is C25H26Br2ClN3O2. The van der Waals surface area contributed by atoms with Crippen molar-refractivity contribution in [2.24, 2.45) is 5.92 Å². The first kappa shape index (κ1) is 23.3. The normalized spacial score (nSPS) is 21.1. The fraction of sp³-hybridized carbons (Fsp3) is 0.480. The van der Waals surface area contributed by atoms with Crippen LogP contribution in [0.5, 0.6) is 0 Å². The zero-order valence-electron chi connectivity index (χ0n) is 18.3. The second kappa shape index (κ2) is 9.67. The van der Waals surface area contributed by atoms with Crippen molar-refractivity contribution in [3.63, 3.8) is 0 Å². The second-order valence-corrected chi connectivity index (χ2v) is 11.5. The lowest BCUT2D eigenvalue weighted by Gasteiger charge is -2.37. The third-order valence-electron chi connectivity index (χ3n) is 7.28. The minimum absolute atomic E-state index is 0.0698. The first-order valence-electron chi connectivity index (χ1n) is 11.6. The molecule has 1 unspecified atom stereocenters. The average Bonchev–Trinajstić information content (AvgIpc) is 3.11. The summed E-state index contributed by atoms with van der Waals surface area (Å²) < 4.78 is 2.04. The maximum Gasteiger partial charge on any atom is 0.242 e. The summed E-state index contributed by atoms with van der Waals surface area (Å²) >= 11 is 13.8. The Balaban J connectivity index is 1.40. The summed E-state index contributed by atoms with van der Waals surface area (Å²) in [4.78, 5) is 33.3.